The highest BCUT2D eigenvalue weighted by molar-refractivity contribution is 5.94. The van der Waals surface area contributed by atoms with Crippen molar-refractivity contribution in [3.8, 4) is 11.5 Å². The molecule has 1 unspecified atom stereocenters. The van der Waals surface area contributed by atoms with E-state index >= 15 is 0 Å². The molecule has 0 aliphatic rings. The topological polar surface area (TPSA) is 47.6 Å². The van der Waals surface area contributed by atoms with Gasteiger partial charge in [0.05, 0.1) is 0 Å². The van der Waals surface area contributed by atoms with E-state index in [9.17, 15) is 9.18 Å². The van der Waals surface area contributed by atoms with E-state index in [4.69, 9.17) is 9.47 Å². The molecule has 1 atom stereocenters. The van der Waals surface area contributed by atoms with Crippen LogP contribution in [0.3, 0.4) is 0 Å². The second kappa shape index (κ2) is 9.55. The van der Waals surface area contributed by atoms with E-state index in [2.05, 4.69) is 5.32 Å². The fourth-order valence-corrected chi connectivity index (χ4v) is 2.60. The molecule has 0 heterocycles. The number of nitrogens with one attached hydrogen (secondary N) is 1. The minimum Gasteiger partial charge on any atom is -0.489 e. The van der Waals surface area contributed by atoms with E-state index in [1.165, 1.54) is 24.3 Å². The van der Waals surface area contributed by atoms with E-state index in [1.807, 2.05) is 37.3 Å². The van der Waals surface area contributed by atoms with Gasteiger partial charge >= 0.3 is 0 Å². The zero-order valence-electron chi connectivity index (χ0n) is 15.6. The first kappa shape index (κ1) is 19.4. The molecular weight excluding hydrogens is 357 g/mol. The van der Waals surface area contributed by atoms with Gasteiger partial charge in [0.25, 0.3) is 5.91 Å². The minimum atomic E-state index is -0.667. The third-order valence-corrected chi connectivity index (χ3v) is 4.13. The van der Waals surface area contributed by atoms with E-state index < -0.39 is 6.10 Å². The predicted octanol–water partition coefficient (Wildman–Crippen LogP) is 5.20. The first-order valence-corrected chi connectivity index (χ1v) is 9.14. The number of halogens is 1. The summed E-state index contributed by atoms with van der Waals surface area (Å²) in [6.45, 7) is 2.34. The Kier molecular flexibility index (Phi) is 6.63. The first-order valence-electron chi connectivity index (χ1n) is 9.14. The Bertz CT molecular complexity index is 880. The quantitative estimate of drug-likeness (QED) is 0.585. The van der Waals surface area contributed by atoms with Crippen LogP contribution in [0.5, 0.6) is 11.5 Å². The number of ether oxygens (including phenoxy) is 2. The summed E-state index contributed by atoms with van der Waals surface area (Å²) in [4.78, 5) is 12.5. The maximum Gasteiger partial charge on any atom is 0.265 e. The van der Waals surface area contributed by atoms with Crippen molar-refractivity contribution in [2.45, 2.75) is 26.1 Å². The molecule has 4 nitrogen and oxygen atoms in total. The maximum atomic E-state index is 13.0. The van der Waals surface area contributed by atoms with Gasteiger partial charge in [0.1, 0.15) is 23.9 Å². The van der Waals surface area contributed by atoms with Crippen LogP contribution in [0.25, 0.3) is 0 Å². The van der Waals surface area contributed by atoms with Crippen molar-refractivity contribution in [1.29, 1.82) is 0 Å². The molecule has 0 radical (unpaired) electrons. The Hall–Kier alpha value is -3.34. The van der Waals surface area contributed by atoms with Crippen molar-refractivity contribution < 1.29 is 18.7 Å². The summed E-state index contributed by atoms with van der Waals surface area (Å²) in [5.41, 5.74) is 1.74. The molecule has 28 heavy (non-hydrogen) atoms. The monoisotopic (exact) mass is 379 g/mol. The minimum absolute atomic E-state index is 0.259. The third-order valence-electron chi connectivity index (χ3n) is 4.13. The van der Waals surface area contributed by atoms with Crippen LogP contribution in [-0.4, -0.2) is 12.0 Å². The zero-order chi connectivity index (χ0) is 19.8. The molecule has 3 rings (SSSR count). The molecule has 0 aliphatic heterocycles. The van der Waals surface area contributed by atoms with Gasteiger partial charge in [-0.15, -0.1) is 0 Å². The molecule has 0 bridgehead atoms. The van der Waals surface area contributed by atoms with Crippen molar-refractivity contribution in [1.82, 2.24) is 0 Å². The Morgan fingerprint density at radius 2 is 1.57 bits per heavy atom. The molecule has 1 N–H and O–H groups in total. The molecule has 0 saturated carbocycles. The lowest BCUT2D eigenvalue weighted by molar-refractivity contribution is -0.122. The van der Waals surface area contributed by atoms with Crippen LogP contribution in [0.1, 0.15) is 18.9 Å². The number of hydrogen-bond acceptors (Lipinski definition) is 3. The highest BCUT2D eigenvalue weighted by Crippen LogP contribution is 2.19. The summed E-state index contributed by atoms with van der Waals surface area (Å²) in [6, 6.07) is 22.7. The number of benzene rings is 3. The Balaban J connectivity index is 1.54. The van der Waals surface area contributed by atoms with Crippen LogP contribution in [-0.2, 0) is 11.4 Å². The van der Waals surface area contributed by atoms with E-state index in [1.54, 1.807) is 24.3 Å². The van der Waals surface area contributed by atoms with Crippen molar-refractivity contribution in [2.75, 3.05) is 5.32 Å². The van der Waals surface area contributed by atoms with Crippen LogP contribution >= 0.6 is 0 Å². The first-order chi connectivity index (χ1) is 13.6. The third kappa shape index (κ3) is 5.58. The maximum absolute atomic E-state index is 13.0. The highest BCUT2D eigenvalue weighted by atomic mass is 19.1. The standard InChI is InChI=1S/C23H22FNO3/c1-2-22(28-21-12-8-18(24)9-13-21)23(26)25-19-10-14-20(15-11-19)27-16-17-6-4-3-5-7-17/h3-15,22H,2,16H2,1H3,(H,25,26). The van der Waals surface area contributed by atoms with Crippen molar-refractivity contribution in [3.05, 3.63) is 90.2 Å². The zero-order valence-corrected chi connectivity index (χ0v) is 15.6. The van der Waals surface area contributed by atoms with Gasteiger partial charge in [-0.1, -0.05) is 37.3 Å². The fraction of sp³-hybridized carbons (Fsp3) is 0.174. The SMILES string of the molecule is CCC(Oc1ccc(F)cc1)C(=O)Nc1ccc(OCc2ccccc2)cc1. The molecule has 1 amide bonds. The number of hydrogen-bond donors (Lipinski definition) is 1. The summed E-state index contributed by atoms with van der Waals surface area (Å²) >= 11 is 0. The number of carbonyl (C=O) groups excluding carboxylic acids is 1. The van der Waals surface area contributed by atoms with Gasteiger partial charge in [-0.3, -0.25) is 4.79 Å². The van der Waals surface area contributed by atoms with E-state index in [0.717, 1.165) is 11.3 Å². The van der Waals surface area contributed by atoms with Crippen LogP contribution in [0.2, 0.25) is 0 Å². The Labute approximate surface area is 163 Å². The van der Waals surface area contributed by atoms with Crippen molar-refractivity contribution in [2.24, 2.45) is 0 Å². The molecule has 144 valence electrons. The molecule has 0 aliphatic carbocycles. The molecule has 3 aromatic rings. The number of amides is 1. The van der Waals surface area contributed by atoms with Crippen LogP contribution < -0.4 is 14.8 Å². The lowest BCUT2D eigenvalue weighted by atomic mass is 10.2. The van der Waals surface area contributed by atoms with Gasteiger partial charge in [0.15, 0.2) is 6.10 Å². The second-order valence-electron chi connectivity index (χ2n) is 6.26. The average Bonchev–Trinajstić information content (AvgIpc) is 2.73. The summed E-state index contributed by atoms with van der Waals surface area (Å²) in [6.07, 6.45) is -0.180. The lowest BCUT2D eigenvalue weighted by Crippen LogP contribution is -2.32. The van der Waals surface area contributed by atoms with Crippen LogP contribution in [0.4, 0.5) is 10.1 Å². The van der Waals surface area contributed by atoms with Crippen LogP contribution in [0.15, 0.2) is 78.9 Å². The molecular formula is C23H22FNO3. The van der Waals surface area contributed by atoms with Gasteiger partial charge in [-0.2, -0.15) is 0 Å². The largest absolute Gasteiger partial charge is 0.489 e. The summed E-state index contributed by atoms with van der Waals surface area (Å²) in [5.74, 6) is 0.564. The van der Waals surface area contributed by atoms with E-state index in [-0.39, 0.29) is 11.7 Å². The number of rotatable bonds is 8. The van der Waals surface area contributed by atoms with Crippen LogP contribution in [0, 0.1) is 5.82 Å². The molecule has 0 fully saturated rings. The van der Waals surface area contributed by atoms with E-state index in [0.29, 0.717) is 24.5 Å². The smallest absolute Gasteiger partial charge is 0.265 e. The number of carbonyl (C=O) groups is 1. The van der Waals surface area contributed by atoms with Gasteiger partial charge < -0.3 is 14.8 Å². The summed E-state index contributed by atoms with van der Waals surface area (Å²) in [5, 5.41) is 2.83. The molecule has 5 heteroatoms. The average molecular weight is 379 g/mol. The molecule has 3 aromatic carbocycles. The van der Waals surface area contributed by atoms with Crippen molar-refractivity contribution >= 4 is 11.6 Å². The lowest BCUT2D eigenvalue weighted by Gasteiger charge is -2.17. The van der Waals surface area contributed by atoms with Gasteiger partial charge in [-0.25, -0.2) is 4.39 Å². The fourth-order valence-electron chi connectivity index (χ4n) is 2.60. The second-order valence-corrected chi connectivity index (χ2v) is 6.26. The summed E-state index contributed by atoms with van der Waals surface area (Å²) < 4.78 is 24.4. The molecule has 0 saturated heterocycles. The van der Waals surface area contributed by atoms with Crippen molar-refractivity contribution in [3.63, 3.8) is 0 Å². The normalized spacial score (nSPS) is 11.5. The molecule has 0 aromatic heterocycles. The van der Waals surface area contributed by atoms with Gasteiger partial charge in [0.2, 0.25) is 0 Å². The number of anilines is 1. The molecule has 0 spiro atoms. The summed E-state index contributed by atoms with van der Waals surface area (Å²) in [7, 11) is 0. The Morgan fingerprint density at radius 3 is 2.21 bits per heavy atom. The highest BCUT2D eigenvalue weighted by Gasteiger charge is 2.18. The van der Waals surface area contributed by atoms with Gasteiger partial charge in [0, 0.05) is 5.69 Å². The van der Waals surface area contributed by atoms with Gasteiger partial charge in [-0.05, 0) is 60.5 Å². The predicted molar refractivity (Wildman–Crippen MR) is 107 cm³/mol. The Morgan fingerprint density at radius 1 is 0.929 bits per heavy atom.